The summed E-state index contributed by atoms with van der Waals surface area (Å²) < 4.78 is 10.7. The average Bonchev–Trinajstić information content (AvgIpc) is 2.67. The number of ether oxygens (including phenoxy) is 2. The van der Waals surface area contributed by atoms with Gasteiger partial charge in [-0.15, -0.1) is 0 Å². The van der Waals surface area contributed by atoms with Crippen LogP contribution >= 0.6 is 0 Å². The first-order valence-electron chi connectivity index (χ1n) is 9.47. The lowest BCUT2D eigenvalue weighted by Crippen LogP contribution is -2.39. The number of anilines is 2. The molecular formula is C21H30N4O2. The van der Waals surface area contributed by atoms with Gasteiger partial charge in [0.1, 0.15) is 23.1 Å². The van der Waals surface area contributed by atoms with Crippen LogP contribution in [-0.4, -0.2) is 43.3 Å². The molecular weight excluding hydrogens is 340 g/mol. The molecule has 0 unspecified atom stereocenters. The summed E-state index contributed by atoms with van der Waals surface area (Å²) in [6, 6.07) is 8.33. The van der Waals surface area contributed by atoms with Crippen molar-refractivity contribution in [3.63, 3.8) is 0 Å². The van der Waals surface area contributed by atoms with Gasteiger partial charge in [-0.05, 0) is 18.9 Å². The van der Waals surface area contributed by atoms with Crippen LogP contribution in [0.25, 0.3) is 0 Å². The molecule has 1 saturated heterocycles. The molecule has 3 rings (SSSR count). The van der Waals surface area contributed by atoms with Gasteiger partial charge >= 0.3 is 0 Å². The minimum absolute atomic E-state index is 0.0404. The van der Waals surface area contributed by atoms with E-state index in [4.69, 9.17) is 14.5 Å². The highest BCUT2D eigenvalue weighted by Gasteiger charge is 2.23. The van der Waals surface area contributed by atoms with Crippen LogP contribution in [-0.2, 0) is 5.41 Å². The quantitative estimate of drug-likeness (QED) is 0.862. The fourth-order valence-corrected chi connectivity index (χ4v) is 3.27. The van der Waals surface area contributed by atoms with Crippen molar-refractivity contribution in [3.05, 3.63) is 36.3 Å². The van der Waals surface area contributed by atoms with Gasteiger partial charge in [-0.3, -0.25) is 0 Å². The van der Waals surface area contributed by atoms with Gasteiger partial charge in [0.15, 0.2) is 0 Å². The van der Waals surface area contributed by atoms with Gasteiger partial charge < -0.3 is 19.7 Å². The van der Waals surface area contributed by atoms with Crippen LogP contribution in [0.15, 0.2) is 30.5 Å². The fourth-order valence-electron chi connectivity index (χ4n) is 3.27. The lowest BCUT2D eigenvalue weighted by Gasteiger charge is -2.34. The van der Waals surface area contributed by atoms with E-state index in [9.17, 15) is 0 Å². The van der Waals surface area contributed by atoms with E-state index < -0.39 is 0 Å². The number of hydrogen-bond acceptors (Lipinski definition) is 6. The van der Waals surface area contributed by atoms with Crippen molar-refractivity contribution < 1.29 is 9.47 Å². The maximum absolute atomic E-state index is 5.36. The van der Waals surface area contributed by atoms with Gasteiger partial charge in [-0.1, -0.05) is 20.8 Å². The third-order valence-corrected chi connectivity index (χ3v) is 4.85. The van der Waals surface area contributed by atoms with E-state index in [2.05, 4.69) is 36.0 Å². The Balaban J connectivity index is 1.63. The zero-order chi connectivity index (χ0) is 19.4. The zero-order valence-electron chi connectivity index (χ0n) is 17.0. The summed E-state index contributed by atoms with van der Waals surface area (Å²) in [5, 5.41) is 3.62. The van der Waals surface area contributed by atoms with Crippen LogP contribution in [0, 0.1) is 0 Å². The highest BCUT2D eigenvalue weighted by molar-refractivity contribution is 5.54. The monoisotopic (exact) mass is 370 g/mol. The van der Waals surface area contributed by atoms with Crippen LogP contribution in [0.3, 0.4) is 0 Å². The number of aromatic nitrogens is 2. The molecule has 1 aromatic carbocycles. The van der Waals surface area contributed by atoms with E-state index in [0.29, 0.717) is 6.04 Å². The van der Waals surface area contributed by atoms with E-state index in [1.807, 2.05) is 30.5 Å². The van der Waals surface area contributed by atoms with E-state index in [0.717, 1.165) is 54.8 Å². The van der Waals surface area contributed by atoms with E-state index in [-0.39, 0.29) is 5.41 Å². The normalized spacial score (nSPS) is 15.5. The van der Waals surface area contributed by atoms with Crippen molar-refractivity contribution in [3.8, 4) is 11.5 Å². The summed E-state index contributed by atoms with van der Waals surface area (Å²) in [6.07, 6.45) is 3.97. The predicted molar refractivity (Wildman–Crippen MR) is 109 cm³/mol. The maximum Gasteiger partial charge on any atom is 0.135 e. The predicted octanol–water partition coefficient (Wildman–Crippen LogP) is 3.87. The molecule has 1 N–H and O–H groups in total. The molecule has 146 valence electrons. The molecule has 0 saturated carbocycles. The summed E-state index contributed by atoms with van der Waals surface area (Å²) in [7, 11) is 3.34. The van der Waals surface area contributed by atoms with Gasteiger partial charge in [-0.2, -0.15) is 0 Å². The first kappa shape index (κ1) is 19.3. The van der Waals surface area contributed by atoms with Crippen molar-refractivity contribution in [2.45, 2.75) is 45.1 Å². The van der Waals surface area contributed by atoms with Crippen molar-refractivity contribution in [1.29, 1.82) is 0 Å². The molecule has 0 spiro atoms. The van der Waals surface area contributed by atoms with Crippen molar-refractivity contribution >= 4 is 11.5 Å². The van der Waals surface area contributed by atoms with Gasteiger partial charge in [-0.25, -0.2) is 9.97 Å². The van der Waals surface area contributed by atoms with Crippen molar-refractivity contribution in [2.75, 3.05) is 37.5 Å². The van der Waals surface area contributed by atoms with Crippen LogP contribution in [0.5, 0.6) is 11.5 Å². The minimum Gasteiger partial charge on any atom is -0.497 e. The zero-order valence-corrected chi connectivity index (χ0v) is 17.0. The molecule has 1 aromatic heterocycles. The lowest BCUT2D eigenvalue weighted by atomic mass is 9.96. The number of piperidine rings is 1. The van der Waals surface area contributed by atoms with E-state index in [1.54, 1.807) is 14.2 Å². The fraction of sp³-hybridized carbons (Fsp3) is 0.524. The number of hydrogen-bond donors (Lipinski definition) is 1. The number of rotatable bonds is 5. The molecule has 0 radical (unpaired) electrons. The van der Waals surface area contributed by atoms with Gasteiger partial charge in [0.2, 0.25) is 0 Å². The Morgan fingerprint density at radius 2 is 1.67 bits per heavy atom. The molecule has 6 heteroatoms. The smallest absolute Gasteiger partial charge is 0.135 e. The molecule has 0 atom stereocenters. The van der Waals surface area contributed by atoms with Gasteiger partial charge in [0, 0.05) is 54.6 Å². The van der Waals surface area contributed by atoms with Crippen molar-refractivity contribution in [2.24, 2.45) is 0 Å². The average molecular weight is 370 g/mol. The maximum atomic E-state index is 5.36. The second kappa shape index (κ2) is 8.03. The van der Waals surface area contributed by atoms with Crippen molar-refractivity contribution in [1.82, 2.24) is 9.97 Å². The number of benzene rings is 1. The van der Waals surface area contributed by atoms with Crippen LogP contribution in [0.2, 0.25) is 0 Å². The molecule has 1 aliphatic rings. The minimum atomic E-state index is -0.0404. The van der Waals surface area contributed by atoms with E-state index >= 15 is 0 Å². The summed E-state index contributed by atoms with van der Waals surface area (Å²) in [4.78, 5) is 11.6. The number of nitrogens with one attached hydrogen (secondary N) is 1. The molecule has 2 heterocycles. The molecule has 0 aliphatic carbocycles. The third kappa shape index (κ3) is 4.81. The molecule has 0 amide bonds. The summed E-state index contributed by atoms with van der Waals surface area (Å²) in [5.74, 6) is 3.51. The van der Waals surface area contributed by atoms with Gasteiger partial charge in [0.25, 0.3) is 0 Å². The highest BCUT2D eigenvalue weighted by atomic mass is 16.5. The summed E-state index contributed by atoms with van der Waals surface area (Å²) in [5.41, 5.74) is 0.989. The van der Waals surface area contributed by atoms with Crippen LogP contribution in [0.1, 0.15) is 39.4 Å². The molecule has 27 heavy (non-hydrogen) atoms. The topological polar surface area (TPSA) is 59.5 Å². The van der Waals surface area contributed by atoms with Gasteiger partial charge in [0.05, 0.1) is 14.2 Å². The number of nitrogens with zero attached hydrogens (tertiary/aromatic N) is 3. The molecule has 1 fully saturated rings. The largest absolute Gasteiger partial charge is 0.497 e. The first-order chi connectivity index (χ1) is 12.9. The van der Waals surface area contributed by atoms with Crippen LogP contribution < -0.4 is 19.7 Å². The Hall–Kier alpha value is -2.50. The Bertz CT molecular complexity index is 743. The molecule has 0 bridgehead atoms. The van der Waals surface area contributed by atoms with Crippen LogP contribution in [0.4, 0.5) is 11.5 Å². The third-order valence-electron chi connectivity index (χ3n) is 4.85. The second-order valence-electron chi connectivity index (χ2n) is 8.00. The summed E-state index contributed by atoms with van der Waals surface area (Å²) in [6.45, 7) is 8.37. The first-order valence-corrected chi connectivity index (χ1v) is 9.47. The standard InChI is InChI=1S/C21H30N4O2/c1-21(2,3)20-22-9-6-19(24-20)25-10-7-15(8-11-25)23-16-12-17(26-4)14-18(13-16)27-5/h6,9,12-15,23H,7-8,10-11H2,1-5H3. The highest BCUT2D eigenvalue weighted by Crippen LogP contribution is 2.28. The summed E-state index contributed by atoms with van der Waals surface area (Å²) >= 11 is 0. The second-order valence-corrected chi connectivity index (χ2v) is 8.00. The Morgan fingerprint density at radius 3 is 2.22 bits per heavy atom. The lowest BCUT2D eigenvalue weighted by molar-refractivity contribution is 0.394. The molecule has 6 nitrogen and oxygen atoms in total. The Kier molecular flexibility index (Phi) is 5.73. The Labute approximate surface area is 161 Å². The Morgan fingerprint density at radius 1 is 1.04 bits per heavy atom. The number of methoxy groups -OCH3 is 2. The molecule has 1 aliphatic heterocycles. The van der Waals surface area contributed by atoms with E-state index in [1.165, 1.54) is 0 Å². The SMILES string of the molecule is COc1cc(NC2CCN(c3ccnc(C(C)(C)C)n3)CC2)cc(OC)c1. The molecule has 2 aromatic rings.